The van der Waals surface area contributed by atoms with Gasteiger partial charge in [0.15, 0.2) is 0 Å². The van der Waals surface area contributed by atoms with Crippen LogP contribution in [0.15, 0.2) is 0 Å². The van der Waals surface area contributed by atoms with E-state index in [1.54, 1.807) is 0 Å². The second-order valence-corrected chi connectivity index (χ2v) is 7.32. The average molecular weight is 284 g/mol. The van der Waals surface area contributed by atoms with Crippen LogP contribution >= 0.6 is 0 Å². The smallest absolute Gasteiger partial charge is 0.0600 e. The third-order valence-corrected chi connectivity index (χ3v) is 4.94. The normalized spacial score (nSPS) is 28.1. The Morgan fingerprint density at radius 2 is 1.80 bits per heavy atom. The Labute approximate surface area is 126 Å². The first kappa shape index (κ1) is 17.9. The lowest BCUT2D eigenvalue weighted by atomic mass is 9.74. The molecule has 0 radical (unpaired) electrons. The fraction of sp³-hybridized carbons (Fsp3) is 1.00. The van der Waals surface area contributed by atoms with E-state index in [1.165, 1.54) is 32.1 Å². The van der Waals surface area contributed by atoms with Crippen LogP contribution < -0.4 is 5.73 Å². The molecule has 2 N–H and O–H groups in total. The molecule has 0 heterocycles. The molecule has 0 amide bonds. The predicted molar refractivity (Wildman–Crippen MR) is 87.0 cm³/mol. The minimum Gasteiger partial charge on any atom is -0.375 e. The Kier molecular flexibility index (Phi) is 6.96. The van der Waals surface area contributed by atoms with Crippen molar-refractivity contribution in [3.63, 3.8) is 0 Å². The predicted octanol–water partition coefficient (Wildman–Crippen LogP) is 3.42. The molecule has 0 spiro atoms. The summed E-state index contributed by atoms with van der Waals surface area (Å²) in [5.41, 5.74) is 6.35. The highest BCUT2D eigenvalue weighted by Crippen LogP contribution is 2.37. The third kappa shape index (κ3) is 5.01. The summed E-state index contributed by atoms with van der Waals surface area (Å²) in [4.78, 5) is 2.57. The number of nitrogens with zero attached hydrogens (tertiary/aromatic N) is 1. The lowest BCUT2D eigenvalue weighted by Crippen LogP contribution is -2.56. The molecule has 0 aromatic rings. The van der Waals surface area contributed by atoms with Crippen molar-refractivity contribution < 1.29 is 4.74 Å². The van der Waals surface area contributed by atoms with E-state index in [0.717, 1.165) is 32.2 Å². The highest BCUT2D eigenvalue weighted by molar-refractivity contribution is 4.95. The molecule has 0 bridgehead atoms. The Hall–Kier alpha value is -0.120. The zero-order valence-electron chi connectivity index (χ0n) is 14.4. The van der Waals surface area contributed by atoms with E-state index >= 15 is 0 Å². The Morgan fingerprint density at radius 1 is 1.20 bits per heavy atom. The monoisotopic (exact) mass is 284 g/mol. The molecule has 0 aromatic carbocycles. The first-order valence-corrected chi connectivity index (χ1v) is 8.46. The van der Waals surface area contributed by atoms with Crippen molar-refractivity contribution in [2.24, 2.45) is 11.7 Å². The average Bonchev–Trinajstić information content (AvgIpc) is 2.42. The van der Waals surface area contributed by atoms with E-state index in [4.69, 9.17) is 10.5 Å². The van der Waals surface area contributed by atoms with Gasteiger partial charge in [0, 0.05) is 18.6 Å². The molecule has 0 aliphatic heterocycles. The molecule has 0 aromatic heterocycles. The van der Waals surface area contributed by atoms with Gasteiger partial charge in [0.25, 0.3) is 0 Å². The molecule has 20 heavy (non-hydrogen) atoms. The van der Waals surface area contributed by atoms with Crippen molar-refractivity contribution in [3.05, 3.63) is 0 Å². The standard InChI is InChI=1S/C17H36N2O/c1-6-15-8-10-17(14-18,11-9-15)19(7-2)12-13-20-16(3,4)5/h15H,6-14,18H2,1-5H3. The zero-order valence-corrected chi connectivity index (χ0v) is 14.4. The van der Waals surface area contributed by atoms with Crippen LogP contribution in [0, 0.1) is 5.92 Å². The van der Waals surface area contributed by atoms with Crippen LogP contribution in [0.5, 0.6) is 0 Å². The van der Waals surface area contributed by atoms with Gasteiger partial charge in [0.1, 0.15) is 0 Å². The molecule has 120 valence electrons. The molecule has 0 atom stereocenters. The maximum absolute atomic E-state index is 6.18. The molecule has 1 fully saturated rings. The second kappa shape index (κ2) is 7.77. The van der Waals surface area contributed by atoms with Crippen molar-refractivity contribution in [2.75, 3.05) is 26.2 Å². The van der Waals surface area contributed by atoms with Crippen LogP contribution in [-0.2, 0) is 4.74 Å². The summed E-state index contributed by atoms with van der Waals surface area (Å²) in [5, 5.41) is 0. The van der Waals surface area contributed by atoms with Gasteiger partial charge in [-0.15, -0.1) is 0 Å². The van der Waals surface area contributed by atoms with E-state index in [9.17, 15) is 0 Å². The summed E-state index contributed by atoms with van der Waals surface area (Å²) in [7, 11) is 0. The zero-order chi connectivity index (χ0) is 15.2. The van der Waals surface area contributed by atoms with Crippen LogP contribution in [0.3, 0.4) is 0 Å². The van der Waals surface area contributed by atoms with Gasteiger partial charge in [-0.3, -0.25) is 4.90 Å². The van der Waals surface area contributed by atoms with Crippen molar-refractivity contribution >= 4 is 0 Å². The van der Waals surface area contributed by atoms with Crippen LogP contribution in [0.1, 0.15) is 66.7 Å². The number of hydrogen-bond acceptors (Lipinski definition) is 3. The number of hydrogen-bond donors (Lipinski definition) is 1. The lowest BCUT2D eigenvalue weighted by molar-refractivity contribution is -0.0358. The van der Waals surface area contributed by atoms with Gasteiger partial charge in [-0.1, -0.05) is 20.3 Å². The SMILES string of the molecule is CCC1CCC(CN)(N(CC)CCOC(C)(C)C)CC1. The largest absolute Gasteiger partial charge is 0.375 e. The van der Waals surface area contributed by atoms with Crippen LogP contribution in [0.25, 0.3) is 0 Å². The first-order valence-electron chi connectivity index (χ1n) is 8.46. The number of ether oxygens (including phenoxy) is 1. The maximum atomic E-state index is 6.18. The van der Waals surface area contributed by atoms with Crippen molar-refractivity contribution in [1.82, 2.24) is 4.90 Å². The highest BCUT2D eigenvalue weighted by atomic mass is 16.5. The Balaban J connectivity index is 2.56. The fourth-order valence-corrected chi connectivity index (χ4v) is 3.47. The summed E-state index contributed by atoms with van der Waals surface area (Å²) in [6.45, 7) is 14.6. The minimum absolute atomic E-state index is 0.0465. The van der Waals surface area contributed by atoms with E-state index < -0.39 is 0 Å². The molecular formula is C17H36N2O. The molecule has 1 rings (SSSR count). The van der Waals surface area contributed by atoms with Gasteiger partial charge in [-0.05, 0) is 58.9 Å². The Morgan fingerprint density at radius 3 is 2.20 bits per heavy atom. The molecule has 3 nitrogen and oxygen atoms in total. The number of nitrogens with two attached hydrogens (primary N) is 1. The number of rotatable bonds is 7. The fourth-order valence-electron chi connectivity index (χ4n) is 3.47. The van der Waals surface area contributed by atoms with Crippen LogP contribution in [0.2, 0.25) is 0 Å². The topological polar surface area (TPSA) is 38.5 Å². The molecule has 3 heteroatoms. The summed E-state index contributed by atoms with van der Waals surface area (Å²) >= 11 is 0. The summed E-state index contributed by atoms with van der Waals surface area (Å²) < 4.78 is 5.90. The van der Waals surface area contributed by atoms with Gasteiger partial charge >= 0.3 is 0 Å². The second-order valence-electron chi connectivity index (χ2n) is 7.32. The quantitative estimate of drug-likeness (QED) is 0.778. The molecule has 1 saturated carbocycles. The molecule has 0 saturated heterocycles. The van der Waals surface area contributed by atoms with Crippen molar-refractivity contribution in [1.29, 1.82) is 0 Å². The molecule has 0 unspecified atom stereocenters. The number of likely N-dealkylation sites (N-methyl/N-ethyl adjacent to an activating group) is 1. The third-order valence-electron chi connectivity index (χ3n) is 4.94. The van der Waals surface area contributed by atoms with Crippen LogP contribution in [0.4, 0.5) is 0 Å². The van der Waals surface area contributed by atoms with Gasteiger partial charge < -0.3 is 10.5 Å². The molecule has 1 aliphatic carbocycles. The van der Waals surface area contributed by atoms with E-state index in [1.807, 2.05) is 0 Å². The van der Waals surface area contributed by atoms with E-state index in [-0.39, 0.29) is 11.1 Å². The minimum atomic E-state index is -0.0465. The van der Waals surface area contributed by atoms with Crippen molar-refractivity contribution in [3.8, 4) is 0 Å². The summed E-state index contributed by atoms with van der Waals surface area (Å²) in [6.07, 6.45) is 6.51. The Bertz CT molecular complexity index is 265. The van der Waals surface area contributed by atoms with E-state index in [2.05, 4.69) is 39.5 Å². The van der Waals surface area contributed by atoms with Crippen molar-refractivity contribution in [2.45, 2.75) is 77.9 Å². The summed E-state index contributed by atoms with van der Waals surface area (Å²) in [6, 6.07) is 0. The van der Waals surface area contributed by atoms with Gasteiger partial charge in [-0.2, -0.15) is 0 Å². The van der Waals surface area contributed by atoms with Gasteiger partial charge in [0.05, 0.1) is 12.2 Å². The molecular weight excluding hydrogens is 248 g/mol. The van der Waals surface area contributed by atoms with Gasteiger partial charge in [-0.25, -0.2) is 0 Å². The van der Waals surface area contributed by atoms with Gasteiger partial charge in [0.2, 0.25) is 0 Å². The maximum Gasteiger partial charge on any atom is 0.0600 e. The first-order chi connectivity index (χ1) is 9.37. The lowest BCUT2D eigenvalue weighted by Gasteiger charge is -2.47. The van der Waals surface area contributed by atoms with Crippen LogP contribution in [-0.4, -0.2) is 42.3 Å². The molecule has 1 aliphatic rings. The van der Waals surface area contributed by atoms with E-state index in [0.29, 0.717) is 0 Å². The highest BCUT2D eigenvalue weighted by Gasteiger charge is 2.38. The summed E-state index contributed by atoms with van der Waals surface area (Å²) in [5.74, 6) is 0.916.